The fraction of sp³-hybridized carbons (Fsp3) is 0. The third kappa shape index (κ3) is 4.21. The Balaban J connectivity index is 2.52. The lowest BCUT2D eigenvalue weighted by molar-refractivity contribution is 1.32. The summed E-state index contributed by atoms with van der Waals surface area (Å²) in [6.07, 6.45) is 0. The van der Waals surface area contributed by atoms with Crippen molar-refractivity contribution in [3.8, 4) is 18.2 Å². The number of amidine groups is 1. The van der Waals surface area contributed by atoms with E-state index in [4.69, 9.17) is 22.1 Å². The minimum atomic E-state index is -0.344. The van der Waals surface area contributed by atoms with Crippen LogP contribution in [-0.4, -0.2) is 5.84 Å². The summed E-state index contributed by atoms with van der Waals surface area (Å²) in [6, 6.07) is 21.2. The maximum Gasteiger partial charge on any atom is 0.171 e. The maximum atomic E-state index is 9.19. The van der Waals surface area contributed by atoms with Gasteiger partial charge in [-0.05, 0) is 24.3 Å². The molecule has 114 valence electrons. The van der Waals surface area contributed by atoms with Crippen LogP contribution in [0.3, 0.4) is 0 Å². The standard InChI is InChI=1S/C18H10ClN5/c19-15-6-8-16(9-7-15)23-18(13-4-2-1-3-5-13)24-17(12-22)14(10-20)11-21/h1-9H,(H,23,24). The summed E-state index contributed by atoms with van der Waals surface area (Å²) in [7, 11) is 0. The van der Waals surface area contributed by atoms with E-state index < -0.39 is 0 Å². The molecule has 0 radical (unpaired) electrons. The zero-order valence-electron chi connectivity index (χ0n) is 12.4. The Bertz CT molecular complexity index is 891. The zero-order valence-corrected chi connectivity index (χ0v) is 13.1. The van der Waals surface area contributed by atoms with E-state index in [1.165, 1.54) is 0 Å². The molecule has 0 aromatic heterocycles. The molecule has 2 rings (SSSR count). The highest BCUT2D eigenvalue weighted by molar-refractivity contribution is 6.30. The fourth-order valence-electron chi connectivity index (χ4n) is 1.81. The van der Waals surface area contributed by atoms with Crippen LogP contribution < -0.4 is 5.32 Å². The molecule has 1 N–H and O–H groups in total. The number of aliphatic imine (C=N–C) groups is 1. The van der Waals surface area contributed by atoms with Crippen molar-refractivity contribution in [2.75, 3.05) is 5.32 Å². The SMILES string of the molecule is N#CC(C#N)=C(C#N)N=C(Nc1ccc(Cl)cc1)c1ccccc1. The van der Waals surface area contributed by atoms with Crippen LogP contribution in [0.15, 0.2) is 70.9 Å². The molecule has 0 amide bonds. The molecule has 0 bridgehead atoms. The van der Waals surface area contributed by atoms with E-state index in [0.29, 0.717) is 22.1 Å². The second-order valence-corrected chi connectivity index (χ2v) is 4.95. The summed E-state index contributed by atoms with van der Waals surface area (Å²) in [5, 5.41) is 30.8. The van der Waals surface area contributed by atoms with Crippen LogP contribution in [0.2, 0.25) is 5.02 Å². The molecule has 5 nitrogen and oxygen atoms in total. The van der Waals surface area contributed by atoms with Gasteiger partial charge in [0.05, 0.1) is 0 Å². The topological polar surface area (TPSA) is 95.8 Å². The Kier molecular flexibility index (Phi) is 5.70. The van der Waals surface area contributed by atoms with Crippen molar-refractivity contribution < 1.29 is 0 Å². The average molecular weight is 332 g/mol. The van der Waals surface area contributed by atoms with E-state index in [9.17, 15) is 5.26 Å². The van der Waals surface area contributed by atoms with Gasteiger partial charge in [-0.1, -0.05) is 41.9 Å². The first-order valence-corrected chi connectivity index (χ1v) is 7.17. The van der Waals surface area contributed by atoms with Gasteiger partial charge in [0.15, 0.2) is 11.3 Å². The molecule has 0 unspecified atom stereocenters. The molecule has 2 aromatic rings. The summed E-state index contributed by atoms with van der Waals surface area (Å²) in [5.74, 6) is 0.345. The largest absolute Gasteiger partial charge is 0.340 e. The summed E-state index contributed by atoms with van der Waals surface area (Å²) in [4.78, 5) is 4.17. The van der Waals surface area contributed by atoms with Gasteiger partial charge < -0.3 is 5.32 Å². The Morgan fingerprint density at radius 1 is 0.875 bits per heavy atom. The average Bonchev–Trinajstić information content (AvgIpc) is 2.63. The van der Waals surface area contributed by atoms with Crippen molar-refractivity contribution in [2.24, 2.45) is 4.99 Å². The van der Waals surface area contributed by atoms with Gasteiger partial charge in [-0.2, -0.15) is 15.8 Å². The Morgan fingerprint density at radius 3 is 2.04 bits per heavy atom. The van der Waals surface area contributed by atoms with E-state index in [-0.39, 0.29) is 11.3 Å². The highest BCUT2D eigenvalue weighted by atomic mass is 35.5. The molecule has 0 saturated carbocycles. The second-order valence-electron chi connectivity index (χ2n) is 4.52. The molecular formula is C18H10ClN5. The van der Waals surface area contributed by atoms with Gasteiger partial charge in [-0.25, -0.2) is 4.99 Å². The number of allylic oxidation sites excluding steroid dienone is 2. The van der Waals surface area contributed by atoms with Crippen LogP contribution in [0, 0.1) is 34.0 Å². The number of halogens is 1. The van der Waals surface area contributed by atoms with Crippen LogP contribution in [-0.2, 0) is 0 Å². The molecule has 0 spiro atoms. The number of nitrogens with one attached hydrogen (secondary N) is 1. The monoisotopic (exact) mass is 331 g/mol. The molecule has 2 aromatic carbocycles. The number of hydrogen-bond acceptors (Lipinski definition) is 4. The van der Waals surface area contributed by atoms with Gasteiger partial charge in [0.2, 0.25) is 0 Å². The van der Waals surface area contributed by atoms with Crippen molar-refractivity contribution >= 4 is 23.1 Å². The number of benzene rings is 2. The van der Waals surface area contributed by atoms with Crippen molar-refractivity contribution in [1.82, 2.24) is 0 Å². The number of anilines is 1. The lowest BCUT2D eigenvalue weighted by Crippen LogP contribution is -2.14. The molecule has 0 heterocycles. The first-order valence-electron chi connectivity index (χ1n) is 6.79. The molecule has 0 saturated heterocycles. The third-order valence-corrected chi connectivity index (χ3v) is 3.20. The summed E-state index contributed by atoms with van der Waals surface area (Å²) in [5.41, 5.74) is 0.814. The lowest BCUT2D eigenvalue weighted by Gasteiger charge is -2.10. The van der Waals surface area contributed by atoms with Crippen LogP contribution in [0.5, 0.6) is 0 Å². The minimum absolute atomic E-state index is 0.250. The van der Waals surface area contributed by atoms with Crippen molar-refractivity contribution in [1.29, 1.82) is 15.8 Å². The number of rotatable bonds is 3. The Morgan fingerprint density at radius 2 is 1.50 bits per heavy atom. The highest BCUT2D eigenvalue weighted by Crippen LogP contribution is 2.16. The van der Waals surface area contributed by atoms with Crippen LogP contribution in [0.25, 0.3) is 0 Å². The maximum absolute atomic E-state index is 9.19. The third-order valence-electron chi connectivity index (χ3n) is 2.94. The first kappa shape index (κ1) is 16.8. The van der Waals surface area contributed by atoms with Gasteiger partial charge >= 0.3 is 0 Å². The van der Waals surface area contributed by atoms with Crippen molar-refractivity contribution in [2.45, 2.75) is 0 Å². The normalized spacial score (nSPS) is 10.0. The van der Waals surface area contributed by atoms with Crippen molar-refractivity contribution in [3.63, 3.8) is 0 Å². The van der Waals surface area contributed by atoms with Gasteiger partial charge in [0, 0.05) is 16.3 Å². The molecule has 0 aliphatic heterocycles. The summed E-state index contributed by atoms with van der Waals surface area (Å²) < 4.78 is 0. The Hall–Kier alpha value is -3.59. The quantitative estimate of drug-likeness (QED) is 0.522. The van der Waals surface area contributed by atoms with Crippen molar-refractivity contribution in [3.05, 3.63) is 76.5 Å². The first-order chi connectivity index (χ1) is 11.7. The molecular weight excluding hydrogens is 322 g/mol. The van der Waals surface area contributed by atoms with E-state index in [0.717, 1.165) is 0 Å². The van der Waals surface area contributed by atoms with E-state index >= 15 is 0 Å². The van der Waals surface area contributed by atoms with Crippen LogP contribution >= 0.6 is 11.6 Å². The molecule has 6 heteroatoms. The van der Waals surface area contributed by atoms with Gasteiger partial charge in [-0.3, -0.25) is 0 Å². The van der Waals surface area contributed by atoms with Gasteiger partial charge in [0.25, 0.3) is 0 Å². The predicted octanol–water partition coefficient (Wildman–Crippen LogP) is 4.02. The van der Waals surface area contributed by atoms with E-state index in [2.05, 4.69) is 10.3 Å². The van der Waals surface area contributed by atoms with E-state index in [1.807, 2.05) is 18.2 Å². The summed E-state index contributed by atoms with van der Waals surface area (Å²) >= 11 is 5.87. The minimum Gasteiger partial charge on any atom is -0.340 e. The Labute approximate surface area is 144 Å². The predicted molar refractivity (Wildman–Crippen MR) is 91.9 cm³/mol. The molecule has 0 aliphatic rings. The fourth-order valence-corrected chi connectivity index (χ4v) is 1.94. The summed E-state index contributed by atoms with van der Waals surface area (Å²) in [6.45, 7) is 0. The van der Waals surface area contributed by atoms with E-state index in [1.54, 1.807) is 54.6 Å². The molecule has 0 atom stereocenters. The number of nitriles is 3. The van der Waals surface area contributed by atoms with Gasteiger partial charge in [0.1, 0.15) is 24.0 Å². The second kappa shape index (κ2) is 8.15. The number of nitrogens with zero attached hydrogens (tertiary/aromatic N) is 4. The molecule has 24 heavy (non-hydrogen) atoms. The van der Waals surface area contributed by atoms with Gasteiger partial charge in [-0.15, -0.1) is 0 Å². The highest BCUT2D eigenvalue weighted by Gasteiger charge is 2.09. The molecule has 0 aliphatic carbocycles. The number of hydrogen-bond donors (Lipinski definition) is 1. The van der Waals surface area contributed by atoms with Crippen LogP contribution in [0.1, 0.15) is 5.56 Å². The molecule has 0 fully saturated rings. The zero-order chi connectivity index (χ0) is 17.4. The smallest absolute Gasteiger partial charge is 0.171 e. The lowest BCUT2D eigenvalue weighted by atomic mass is 10.2. The van der Waals surface area contributed by atoms with Crippen LogP contribution in [0.4, 0.5) is 5.69 Å².